The maximum absolute atomic E-state index is 11.8. The Balaban J connectivity index is 0. The van der Waals surface area contributed by atoms with E-state index in [1.54, 1.807) is 0 Å². The molecule has 0 saturated heterocycles. The monoisotopic (exact) mass is 180 g/mol. The van der Waals surface area contributed by atoms with Crippen molar-refractivity contribution in [2.24, 2.45) is 0 Å². The molecule has 0 unspecified atom stereocenters. The van der Waals surface area contributed by atoms with Crippen LogP contribution in [0.2, 0.25) is 0 Å². The first-order chi connectivity index (χ1) is 5.39. The summed E-state index contributed by atoms with van der Waals surface area (Å²) in [7, 11) is 0. The molecule has 0 aromatic rings. The van der Waals surface area contributed by atoms with Gasteiger partial charge in [-0.05, 0) is 19.4 Å². The zero-order chi connectivity index (χ0) is 10.4. The molecule has 0 aliphatic rings. The summed E-state index contributed by atoms with van der Waals surface area (Å²) in [5, 5.41) is 0. The van der Waals surface area contributed by atoms with Gasteiger partial charge in [-0.25, -0.2) is 0 Å². The molecular weight excluding hydrogens is 165 g/mol. The summed E-state index contributed by atoms with van der Waals surface area (Å²) in [6, 6.07) is 0. The highest BCUT2D eigenvalue weighted by atomic mass is 19.4. The summed E-state index contributed by atoms with van der Waals surface area (Å²) in [5.41, 5.74) is -0.595. The largest absolute Gasteiger partial charge is 0.416 e. The smallest absolute Gasteiger partial charge is 0.166 e. The van der Waals surface area contributed by atoms with Crippen LogP contribution in [0.25, 0.3) is 0 Å². The highest BCUT2D eigenvalue weighted by Gasteiger charge is 2.32. The Morgan fingerprint density at radius 1 is 1.25 bits per heavy atom. The van der Waals surface area contributed by atoms with E-state index in [0.717, 1.165) is 6.08 Å². The summed E-state index contributed by atoms with van der Waals surface area (Å²) in [4.78, 5) is 0. The van der Waals surface area contributed by atoms with Crippen LogP contribution in [0.15, 0.2) is 23.8 Å². The zero-order valence-corrected chi connectivity index (χ0v) is 7.92. The van der Waals surface area contributed by atoms with E-state index in [1.165, 1.54) is 13.8 Å². The first kappa shape index (κ1) is 13.8. The molecule has 0 aliphatic carbocycles. The molecule has 0 heterocycles. The van der Waals surface area contributed by atoms with Crippen LogP contribution < -0.4 is 0 Å². The van der Waals surface area contributed by atoms with Gasteiger partial charge >= 0.3 is 6.18 Å². The molecule has 0 nitrogen and oxygen atoms in total. The fraction of sp³-hybridized carbons (Fsp3) is 0.556. The zero-order valence-electron chi connectivity index (χ0n) is 7.92. The highest BCUT2D eigenvalue weighted by molar-refractivity contribution is 5.29. The van der Waals surface area contributed by atoms with E-state index >= 15 is 0 Å². The Labute approximate surface area is 71.8 Å². The highest BCUT2D eigenvalue weighted by Crippen LogP contribution is 2.29. The number of hydrogen-bond acceptors (Lipinski definition) is 0. The van der Waals surface area contributed by atoms with Crippen LogP contribution in [0.3, 0.4) is 0 Å². The van der Waals surface area contributed by atoms with Crippen molar-refractivity contribution < 1.29 is 13.2 Å². The lowest BCUT2D eigenvalue weighted by atomic mass is 10.1. The van der Waals surface area contributed by atoms with Crippen LogP contribution in [0, 0.1) is 0 Å². The van der Waals surface area contributed by atoms with Gasteiger partial charge in [0.2, 0.25) is 0 Å². The van der Waals surface area contributed by atoms with Crippen LogP contribution in [0.1, 0.15) is 27.7 Å². The molecular formula is C9H15F3. The summed E-state index contributed by atoms with van der Waals surface area (Å²) in [6.45, 7) is 9.89. The third-order valence-corrected chi connectivity index (χ3v) is 1.05. The van der Waals surface area contributed by atoms with Gasteiger partial charge in [0.25, 0.3) is 0 Å². The van der Waals surface area contributed by atoms with Crippen LogP contribution >= 0.6 is 0 Å². The summed E-state index contributed by atoms with van der Waals surface area (Å²) < 4.78 is 35.5. The van der Waals surface area contributed by atoms with E-state index in [2.05, 4.69) is 6.58 Å². The molecule has 0 aromatic heterocycles. The van der Waals surface area contributed by atoms with Crippen LogP contribution in [-0.2, 0) is 0 Å². The summed E-state index contributed by atoms with van der Waals surface area (Å²) in [5.74, 6) is 0. The van der Waals surface area contributed by atoms with Gasteiger partial charge in [-0.15, -0.1) is 0 Å². The van der Waals surface area contributed by atoms with Crippen molar-refractivity contribution in [2.45, 2.75) is 33.9 Å². The van der Waals surface area contributed by atoms with Crippen molar-refractivity contribution in [1.82, 2.24) is 0 Å². The van der Waals surface area contributed by atoms with E-state index in [-0.39, 0.29) is 5.57 Å². The standard InChI is InChI=1S/C7H9F3.C2H6/c1-4-6(5(2)3)7(8,9)10;1-2/h4H,2H2,1,3H3;1-2H3/b6-4+;. The van der Waals surface area contributed by atoms with Crippen LogP contribution in [0.4, 0.5) is 13.2 Å². The quantitative estimate of drug-likeness (QED) is 0.533. The van der Waals surface area contributed by atoms with Crippen molar-refractivity contribution in [2.75, 3.05) is 0 Å². The van der Waals surface area contributed by atoms with E-state index in [4.69, 9.17) is 0 Å². The van der Waals surface area contributed by atoms with E-state index in [0.29, 0.717) is 0 Å². The minimum atomic E-state index is -4.25. The number of rotatable bonds is 1. The summed E-state index contributed by atoms with van der Waals surface area (Å²) >= 11 is 0. The molecule has 0 spiro atoms. The molecule has 0 bridgehead atoms. The average Bonchev–Trinajstić information content (AvgIpc) is 1.89. The minimum Gasteiger partial charge on any atom is -0.166 e. The molecule has 0 atom stereocenters. The Morgan fingerprint density at radius 2 is 1.58 bits per heavy atom. The van der Waals surface area contributed by atoms with Gasteiger partial charge in [-0.2, -0.15) is 13.2 Å². The summed E-state index contributed by atoms with van der Waals surface area (Å²) in [6.07, 6.45) is -3.23. The Morgan fingerprint density at radius 3 is 1.58 bits per heavy atom. The van der Waals surface area contributed by atoms with E-state index in [9.17, 15) is 13.2 Å². The molecule has 0 rings (SSSR count). The number of allylic oxidation sites excluding steroid dienone is 3. The minimum absolute atomic E-state index is 0.0509. The molecule has 0 fully saturated rings. The van der Waals surface area contributed by atoms with Gasteiger partial charge in [0.15, 0.2) is 0 Å². The van der Waals surface area contributed by atoms with Gasteiger partial charge in [0.05, 0.1) is 5.57 Å². The van der Waals surface area contributed by atoms with Crippen molar-refractivity contribution in [3.63, 3.8) is 0 Å². The first-order valence-electron chi connectivity index (χ1n) is 3.79. The van der Waals surface area contributed by atoms with E-state index < -0.39 is 11.7 Å². The van der Waals surface area contributed by atoms with Gasteiger partial charge in [0, 0.05) is 0 Å². The molecule has 0 N–H and O–H groups in total. The second kappa shape index (κ2) is 5.86. The van der Waals surface area contributed by atoms with Gasteiger partial charge in [-0.3, -0.25) is 0 Å². The Kier molecular flexibility index (Phi) is 6.76. The third-order valence-electron chi connectivity index (χ3n) is 1.05. The predicted octanol–water partition coefficient (Wildman–Crippen LogP) is 4.10. The predicted molar refractivity (Wildman–Crippen MR) is 46.0 cm³/mol. The van der Waals surface area contributed by atoms with Gasteiger partial charge in [-0.1, -0.05) is 26.5 Å². The lowest BCUT2D eigenvalue weighted by Gasteiger charge is -2.09. The van der Waals surface area contributed by atoms with Gasteiger partial charge in [0.1, 0.15) is 0 Å². The van der Waals surface area contributed by atoms with Gasteiger partial charge < -0.3 is 0 Å². The number of alkyl halides is 3. The van der Waals surface area contributed by atoms with Crippen molar-refractivity contribution >= 4 is 0 Å². The fourth-order valence-corrected chi connectivity index (χ4v) is 0.652. The maximum Gasteiger partial charge on any atom is 0.416 e. The van der Waals surface area contributed by atoms with Crippen molar-refractivity contribution in [1.29, 1.82) is 0 Å². The Hall–Kier alpha value is -0.730. The van der Waals surface area contributed by atoms with Crippen molar-refractivity contribution in [3.8, 4) is 0 Å². The topological polar surface area (TPSA) is 0 Å². The molecule has 72 valence electrons. The second-order valence-electron chi connectivity index (χ2n) is 1.98. The average molecular weight is 180 g/mol. The third kappa shape index (κ3) is 4.99. The van der Waals surface area contributed by atoms with Crippen molar-refractivity contribution in [3.05, 3.63) is 23.8 Å². The van der Waals surface area contributed by atoms with Crippen LogP contribution in [0.5, 0.6) is 0 Å². The van der Waals surface area contributed by atoms with Crippen LogP contribution in [-0.4, -0.2) is 6.18 Å². The fourth-order valence-electron chi connectivity index (χ4n) is 0.652. The maximum atomic E-state index is 11.8. The molecule has 0 aliphatic heterocycles. The molecule has 0 saturated carbocycles. The lowest BCUT2D eigenvalue weighted by molar-refractivity contribution is -0.0893. The SMILES string of the molecule is C=C(C)/C(=C\C)C(F)(F)F.CC. The first-order valence-corrected chi connectivity index (χ1v) is 3.79. The molecule has 0 radical (unpaired) electrons. The molecule has 0 amide bonds. The molecule has 12 heavy (non-hydrogen) atoms. The number of halogens is 3. The number of hydrogen-bond donors (Lipinski definition) is 0. The second-order valence-corrected chi connectivity index (χ2v) is 1.98. The molecule has 0 aromatic carbocycles. The normalized spacial score (nSPS) is 11.8. The lowest BCUT2D eigenvalue weighted by Crippen LogP contribution is -2.11. The Bertz CT molecular complexity index is 163. The molecule has 3 heteroatoms. The van der Waals surface area contributed by atoms with E-state index in [1.807, 2.05) is 13.8 Å².